The van der Waals surface area contributed by atoms with Crippen LogP contribution in [0.5, 0.6) is 5.75 Å². The molecule has 5 heteroatoms. The van der Waals surface area contributed by atoms with E-state index in [0.717, 1.165) is 5.69 Å². The molecule has 0 atom stereocenters. The number of hydrogen-bond donors (Lipinski definition) is 2. The lowest BCUT2D eigenvalue weighted by Gasteiger charge is -2.06. The van der Waals surface area contributed by atoms with Crippen molar-refractivity contribution in [3.05, 3.63) is 58.1 Å². The average Bonchev–Trinajstić information content (AvgIpc) is 2.40. The molecule has 2 aromatic carbocycles. The van der Waals surface area contributed by atoms with Gasteiger partial charge in [-0.25, -0.2) is 0 Å². The van der Waals surface area contributed by atoms with Gasteiger partial charge in [-0.1, -0.05) is 35.3 Å². The molecule has 0 unspecified atom stereocenters. The number of hydrazone groups is 1. The van der Waals surface area contributed by atoms with Gasteiger partial charge >= 0.3 is 0 Å². The van der Waals surface area contributed by atoms with Gasteiger partial charge in [0.1, 0.15) is 5.75 Å². The molecule has 0 spiro atoms. The highest BCUT2D eigenvalue weighted by Crippen LogP contribution is 2.25. The summed E-state index contributed by atoms with van der Waals surface area (Å²) in [5.41, 5.74) is 4.94. The monoisotopic (exact) mass is 294 g/mol. The van der Waals surface area contributed by atoms with Crippen molar-refractivity contribution in [2.75, 3.05) is 5.43 Å². The van der Waals surface area contributed by atoms with Gasteiger partial charge in [-0.05, 0) is 37.3 Å². The Bertz CT molecular complexity index is 627. The molecule has 0 fully saturated rings. The number of aromatic hydroxyl groups is 1. The van der Waals surface area contributed by atoms with Gasteiger partial charge in [0.25, 0.3) is 0 Å². The number of rotatable bonds is 3. The summed E-state index contributed by atoms with van der Waals surface area (Å²) < 4.78 is 0. The highest BCUT2D eigenvalue weighted by Gasteiger charge is 2.03. The second kappa shape index (κ2) is 5.95. The van der Waals surface area contributed by atoms with E-state index in [9.17, 15) is 5.11 Å². The first-order valence-electron chi connectivity index (χ1n) is 5.61. The molecule has 2 N–H and O–H groups in total. The summed E-state index contributed by atoms with van der Waals surface area (Å²) in [6.07, 6.45) is 0. The van der Waals surface area contributed by atoms with Gasteiger partial charge in [-0.3, -0.25) is 5.43 Å². The fourth-order valence-corrected chi connectivity index (χ4v) is 1.85. The lowest BCUT2D eigenvalue weighted by Crippen LogP contribution is -2.00. The van der Waals surface area contributed by atoms with Gasteiger partial charge in [0.05, 0.1) is 21.4 Å². The molecule has 0 aliphatic carbocycles. The molecule has 0 saturated carbocycles. The predicted molar refractivity (Wildman–Crippen MR) is 80.4 cm³/mol. The van der Waals surface area contributed by atoms with E-state index in [0.29, 0.717) is 21.3 Å². The SMILES string of the molecule is CC(=NNc1ccc(Cl)c(Cl)c1)c1ccccc1O. The molecular weight excluding hydrogens is 283 g/mol. The lowest BCUT2D eigenvalue weighted by molar-refractivity contribution is 0.474. The van der Waals surface area contributed by atoms with Crippen molar-refractivity contribution >= 4 is 34.6 Å². The van der Waals surface area contributed by atoms with Gasteiger partial charge in [-0.15, -0.1) is 0 Å². The van der Waals surface area contributed by atoms with Crippen LogP contribution in [0.4, 0.5) is 5.69 Å². The van der Waals surface area contributed by atoms with Gasteiger partial charge in [-0.2, -0.15) is 5.10 Å². The Morgan fingerprint density at radius 1 is 1.11 bits per heavy atom. The second-order valence-corrected chi connectivity index (χ2v) is 4.77. The van der Waals surface area contributed by atoms with Crippen molar-refractivity contribution in [3.63, 3.8) is 0 Å². The normalized spacial score (nSPS) is 11.4. The summed E-state index contributed by atoms with van der Waals surface area (Å²) in [4.78, 5) is 0. The fraction of sp³-hybridized carbons (Fsp3) is 0.0714. The maximum Gasteiger partial charge on any atom is 0.124 e. The molecule has 0 heterocycles. The van der Waals surface area contributed by atoms with Crippen LogP contribution in [0.25, 0.3) is 0 Å². The Morgan fingerprint density at radius 3 is 2.53 bits per heavy atom. The molecule has 0 bridgehead atoms. The number of para-hydroxylation sites is 1. The van der Waals surface area contributed by atoms with E-state index < -0.39 is 0 Å². The van der Waals surface area contributed by atoms with Crippen LogP contribution in [0.2, 0.25) is 10.0 Å². The third-order valence-electron chi connectivity index (χ3n) is 2.57. The van der Waals surface area contributed by atoms with Crippen LogP contribution < -0.4 is 5.43 Å². The van der Waals surface area contributed by atoms with E-state index in [-0.39, 0.29) is 5.75 Å². The van der Waals surface area contributed by atoms with Crippen molar-refractivity contribution < 1.29 is 5.11 Å². The van der Waals surface area contributed by atoms with E-state index in [2.05, 4.69) is 10.5 Å². The van der Waals surface area contributed by atoms with E-state index >= 15 is 0 Å². The number of anilines is 1. The molecule has 0 radical (unpaired) electrons. The number of nitrogens with zero attached hydrogens (tertiary/aromatic N) is 1. The molecular formula is C14H12Cl2N2O. The Labute approximate surface area is 121 Å². The van der Waals surface area contributed by atoms with Gasteiger partial charge < -0.3 is 5.11 Å². The highest BCUT2D eigenvalue weighted by molar-refractivity contribution is 6.42. The minimum atomic E-state index is 0.194. The first-order valence-corrected chi connectivity index (χ1v) is 6.37. The molecule has 3 nitrogen and oxygen atoms in total. The Kier molecular flexibility index (Phi) is 4.30. The first kappa shape index (κ1) is 13.7. The largest absolute Gasteiger partial charge is 0.507 e. The summed E-state index contributed by atoms with van der Waals surface area (Å²) in [5, 5.41) is 14.9. The van der Waals surface area contributed by atoms with Crippen LogP contribution in [0.15, 0.2) is 47.6 Å². The summed E-state index contributed by atoms with van der Waals surface area (Å²) in [6.45, 7) is 1.81. The van der Waals surface area contributed by atoms with Crippen LogP contribution in [0.3, 0.4) is 0 Å². The van der Waals surface area contributed by atoms with E-state index in [1.54, 1.807) is 43.3 Å². The topological polar surface area (TPSA) is 44.6 Å². The maximum atomic E-state index is 9.71. The number of nitrogens with one attached hydrogen (secondary N) is 1. The van der Waals surface area contributed by atoms with Gasteiger partial charge in [0, 0.05) is 5.56 Å². The minimum Gasteiger partial charge on any atom is -0.507 e. The Hall–Kier alpha value is -1.71. The van der Waals surface area contributed by atoms with E-state index in [1.165, 1.54) is 0 Å². The van der Waals surface area contributed by atoms with Crippen LogP contribution in [-0.4, -0.2) is 10.8 Å². The zero-order valence-electron chi connectivity index (χ0n) is 10.2. The molecule has 98 valence electrons. The average molecular weight is 295 g/mol. The number of hydrogen-bond acceptors (Lipinski definition) is 3. The molecule has 0 aliphatic heterocycles. The zero-order chi connectivity index (χ0) is 13.8. The third kappa shape index (κ3) is 3.40. The second-order valence-electron chi connectivity index (χ2n) is 3.96. The summed E-state index contributed by atoms with van der Waals surface area (Å²) in [6, 6.07) is 12.2. The summed E-state index contributed by atoms with van der Waals surface area (Å²) in [7, 11) is 0. The van der Waals surface area contributed by atoms with Crippen LogP contribution in [-0.2, 0) is 0 Å². The molecule has 2 aromatic rings. The van der Waals surface area contributed by atoms with Crippen LogP contribution in [0.1, 0.15) is 12.5 Å². The lowest BCUT2D eigenvalue weighted by atomic mass is 10.1. The highest BCUT2D eigenvalue weighted by atomic mass is 35.5. The quantitative estimate of drug-likeness (QED) is 0.645. The molecule has 0 aliphatic rings. The number of benzene rings is 2. The van der Waals surface area contributed by atoms with Gasteiger partial charge in [0.15, 0.2) is 0 Å². The summed E-state index contributed by atoms with van der Waals surface area (Å²) in [5.74, 6) is 0.194. The molecule has 0 aromatic heterocycles. The van der Waals surface area contributed by atoms with Crippen molar-refractivity contribution in [3.8, 4) is 5.75 Å². The Morgan fingerprint density at radius 2 is 1.84 bits per heavy atom. The molecule has 0 amide bonds. The van der Waals surface area contributed by atoms with E-state index in [4.69, 9.17) is 23.2 Å². The fourth-order valence-electron chi connectivity index (χ4n) is 1.55. The number of phenolic OH excluding ortho intramolecular Hbond substituents is 1. The van der Waals surface area contributed by atoms with Crippen molar-refractivity contribution in [1.82, 2.24) is 0 Å². The van der Waals surface area contributed by atoms with Crippen LogP contribution >= 0.6 is 23.2 Å². The Balaban J connectivity index is 2.18. The molecule has 0 saturated heterocycles. The standard InChI is InChI=1S/C14H12Cl2N2O/c1-9(11-4-2-3-5-14(11)19)17-18-10-6-7-12(15)13(16)8-10/h2-8,18-19H,1H3. The van der Waals surface area contributed by atoms with Crippen molar-refractivity contribution in [2.45, 2.75) is 6.92 Å². The summed E-state index contributed by atoms with van der Waals surface area (Å²) >= 11 is 11.7. The molecule has 19 heavy (non-hydrogen) atoms. The minimum absolute atomic E-state index is 0.194. The van der Waals surface area contributed by atoms with E-state index in [1.807, 2.05) is 6.07 Å². The first-order chi connectivity index (χ1) is 9.08. The zero-order valence-corrected chi connectivity index (χ0v) is 11.7. The predicted octanol–water partition coefficient (Wildman–Crippen LogP) is 4.54. The number of phenols is 1. The van der Waals surface area contributed by atoms with Crippen LogP contribution in [0, 0.1) is 0 Å². The molecule has 2 rings (SSSR count). The third-order valence-corrected chi connectivity index (χ3v) is 3.31. The maximum absolute atomic E-state index is 9.71. The smallest absolute Gasteiger partial charge is 0.124 e. The van der Waals surface area contributed by atoms with Crippen molar-refractivity contribution in [2.24, 2.45) is 5.10 Å². The van der Waals surface area contributed by atoms with Gasteiger partial charge in [0.2, 0.25) is 0 Å². The number of halogens is 2. The van der Waals surface area contributed by atoms with Crippen molar-refractivity contribution in [1.29, 1.82) is 0 Å².